The number of methoxy groups -OCH3 is 3. The standard InChI is InChI=1S/C17H18O5/c1-11-5-8-14(22-11)13(18)7-6-12-9-16(20-3)17(21-4)10-15(12)19-2/h5-10H,1-4H3. The molecule has 1 aromatic heterocycles. The molecule has 0 N–H and O–H groups in total. The Morgan fingerprint density at radius 1 is 1.00 bits per heavy atom. The van der Waals surface area contributed by atoms with Gasteiger partial charge in [0.25, 0.3) is 0 Å². The minimum atomic E-state index is -0.218. The maximum atomic E-state index is 12.0. The van der Waals surface area contributed by atoms with Gasteiger partial charge in [0.05, 0.1) is 21.3 Å². The second-order valence-electron chi connectivity index (χ2n) is 4.56. The Bertz CT molecular complexity index is 697. The van der Waals surface area contributed by atoms with Gasteiger partial charge in [-0.1, -0.05) is 0 Å². The molecule has 0 fully saturated rings. The molecule has 0 aliphatic heterocycles. The molecule has 5 heteroatoms. The number of furan rings is 1. The van der Waals surface area contributed by atoms with Crippen molar-refractivity contribution in [1.82, 2.24) is 0 Å². The van der Waals surface area contributed by atoms with E-state index in [1.807, 2.05) is 0 Å². The molecule has 2 aromatic rings. The lowest BCUT2D eigenvalue weighted by atomic mass is 10.1. The fourth-order valence-corrected chi connectivity index (χ4v) is 2.00. The molecule has 0 unspecified atom stereocenters. The van der Waals surface area contributed by atoms with E-state index < -0.39 is 0 Å². The van der Waals surface area contributed by atoms with Crippen LogP contribution >= 0.6 is 0 Å². The van der Waals surface area contributed by atoms with E-state index in [-0.39, 0.29) is 5.78 Å². The Labute approximate surface area is 129 Å². The zero-order chi connectivity index (χ0) is 16.1. The molecule has 1 aromatic carbocycles. The van der Waals surface area contributed by atoms with Gasteiger partial charge in [-0.15, -0.1) is 0 Å². The van der Waals surface area contributed by atoms with Crippen molar-refractivity contribution < 1.29 is 23.4 Å². The van der Waals surface area contributed by atoms with Gasteiger partial charge in [-0.2, -0.15) is 0 Å². The van der Waals surface area contributed by atoms with Crippen LogP contribution in [0.2, 0.25) is 0 Å². The van der Waals surface area contributed by atoms with Gasteiger partial charge in [0, 0.05) is 11.6 Å². The summed E-state index contributed by atoms with van der Waals surface area (Å²) >= 11 is 0. The summed E-state index contributed by atoms with van der Waals surface area (Å²) in [6.45, 7) is 1.79. The molecule has 22 heavy (non-hydrogen) atoms. The van der Waals surface area contributed by atoms with Crippen LogP contribution < -0.4 is 14.2 Å². The summed E-state index contributed by atoms with van der Waals surface area (Å²) in [6.07, 6.45) is 3.09. The predicted molar refractivity (Wildman–Crippen MR) is 82.9 cm³/mol. The molecule has 116 valence electrons. The van der Waals surface area contributed by atoms with Crippen molar-refractivity contribution in [3.63, 3.8) is 0 Å². The van der Waals surface area contributed by atoms with Gasteiger partial charge in [0.1, 0.15) is 11.5 Å². The van der Waals surface area contributed by atoms with E-state index in [0.29, 0.717) is 34.3 Å². The first-order valence-corrected chi connectivity index (χ1v) is 6.68. The molecule has 2 rings (SSSR count). The second kappa shape index (κ2) is 6.85. The minimum absolute atomic E-state index is 0.218. The van der Waals surface area contributed by atoms with Crippen LogP contribution in [0.4, 0.5) is 0 Å². The first-order chi connectivity index (χ1) is 10.6. The Balaban J connectivity index is 2.31. The summed E-state index contributed by atoms with van der Waals surface area (Å²) in [7, 11) is 4.65. The van der Waals surface area contributed by atoms with E-state index in [4.69, 9.17) is 18.6 Å². The quantitative estimate of drug-likeness (QED) is 0.603. The summed E-state index contributed by atoms with van der Waals surface area (Å²) in [4.78, 5) is 12.0. The number of hydrogen-bond donors (Lipinski definition) is 0. The lowest BCUT2D eigenvalue weighted by Gasteiger charge is -2.11. The minimum Gasteiger partial charge on any atom is -0.496 e. The van der Waals surface area contributed by atoms with Crippen LogP contribution in [0.5, 0.6) is 17.2 Å². The van der Waals surface area contributed by atoms with E-state index in [1.54, 1.807) is 58.6 Å². The molecule has 0 amide bonds. The zero-order valence-corrected chi connectivity index (χ0v) is 13.0. The number of ketones is 1. The van der Waals surface area contributed by atoms with Crippen LogP contribution in [0.25, 0.3) is 6.08 Å². The second-order valence-corrected chi connectivity index (χ2v) is 4.56. The molecular formula is C17H18O5. The fourth-order valence-electron chi connectivity index (χ4n) is 2.00. The van der Waals surface area contributed by atoms with Crippen LogP contribution in [-0.4, -0.2) is 27.1 Å². The Morgan fingerprint density at radius 2 is 1.64 bits per heavy atom. The van der Waals surface area contributed by atoms with Crippen molar-refractivity contribution in [2.75, 3.05) is 21.3 Å². The lowest BCUT2D eigenvalue weighted by Crippen LogP contribution is -1.95. The highest BCUT2D eigenvalue weighted by atomic mass is 16.5. The molecule has 0 bridgehead atoms. The number of aryl methyl sites for hydroxylation is 1. The summed E-state index contributed by atoms with van der Waals surface area (Å²) < 4.78 is 21.1. The maximum Gasteiger partial charge on any atom is 0.221 e. The third-order valence-electron chi connectivity index (χ3n) is 3.13. The van der Waals surface area contributed by atoms with E-state index in [9.17, 15) is 4.79 Å². The third kappa shape index (κ3) is 3.31. The van der Waals surface area contributed by atoms with Gasteiger partial charge < -0.3 is 18.6 Å². The fraction of sp³-hybridized carbons (Fsp3) is 0.235. The van der Waals surface area contributed by atoms with E-state index in [1.165, 1.54) is 6.08 Å². The van der Waals surface area contributed by atoms with Crippen molar-refractivity contribution >= 4 is 11.9 Å². The van der Waals surface area contributed by atoms with Gasteiger partial charge >= 0.3 is 0 Å². The highest BCUT2D eigenvalue weighted by molar-refractivity contribution is 6.05. The van der Waals surface area contributed by atoms with Crippen molar-refractivity contribution in [3.8, 4) is 17.2 Å². The topological polar surface area (TPSA) is 57.9 Å². The molecule has 0 atom stereocenters. The van der Waals surface area contributed by atoms with Gasteiger partial charge in [-0.25, -0.2) is 0 Å². The molecular weight excluding hydrogens is 284 g/mol. The van der Waals surface area contributed by atoms with E-state index in [0.717, 1.165) is 0 Å². The number of carbonyl (C=O) groups excluding carboxylic acids is 1. The smallest absolute Gasteiger partial charge is 0.221 e. The Hall–Kier alpha value is -2.69. The molecule has 0 saturated heterocycles. The third-order valence-corrected chi connectivity index (χ3v) is 3.13. The van der Waals surface area contributed by atoms with Crippen LogP contribution in [0.3, 0.4) is 0 Å². The van der Waals surface area contributed by atoms with Crippen LogP contribution in [0, 0.1) is 6.92 Å². The number of benzene rings is 1. The monoisotopic (exact) mass is 302 g/mol. The van der Waals surface area contributed by atoms with E-state index >= 15 is 0 Å². The van der Waals surface area contributed by atoms with Gasteiger partial charge in [-0.05, 0) is 37.3 Å². The molecule has 0 aliphatic carbocycles. The van der Waals surface area contributed by atoms with Gasteiger partial charge in [0.2, 0.25) is 5.78 Å². The molecule has 0 saturated carbocycles. The van der Waals surface area contributed by atoms with Gasteiger partial charge in [-0.3, -0.25) is 4.79 Å². The average molecular weight is 302 g/mol. The molecule has 1 heterocycles. The molecule has 5 nitrogen and oxygen atoms in total. The number of carbonyl (C=O) groups is 1. The predicted octanol–water partition coefficient (Wildman–Crippen LogP) is 3.51. The largest absolute Gasteiger partial charge is 0.496 e. The van der Waals surface area contributed by atoms with Crippen LogP contribution in [0.15, 0.2) is 34.8 Å². The first-order valence-electron chi connectivity index (χ1n) is 6.68. The van der Waals surface area contributed by atoms with Crippen molar-refractivity contribution in [2.45, 2.75) is 6.92 Å². The van der Waals surface area contributed by atoms with Crippen molar-refractivity contribution in [3.05, 3.63) is 47.4 Å². The number of allylic oxidation sites excluding steroid dienone is 1. The maximum absolute atomic E-state index is 12.0. The summed E-state index contributed by atoms with van der Waals surface area (Å²) in [5.74, 6) is 2.48. The normalized spacial score (nSPS) is 10.7. The average Bonchev–Trinajstić information content (AvgIpc) is 2.98. The Kier molecular flexibility index (Phi) is 4.88. The van der Waals surface area contributed by atoms with E-state index in [2.05, 4.69) is 0 Å². The van der Waals surface area contributed by atoms with Crippen molar-refractivity contribution in [1.29, 1.82) is 0 Å². The zero-order valence-electron chi connectivity index (χ0n) is 13.0. The lowest BCUT2D eigenvalue weighted by molar-refractivity contribution is 0.102. The first kappa shape index (κ1) is 15.7. The summed E-state index contributed by atoms with van der Waals surface area (Å²) in [6, 6.07) is 6.85. The highest BCUT2D eigenvalue weighted by Crippen LogP contribution is 2.35. The van der Waals surface area contributed by atoms with Crippen LogP contribution in [-0.2, 0) is 0 Å². The molecule has 0 aliphatic rings. The SMILES string of the molecule is COc1cc(OC)c(OC)cc1C=CC(=O)c1ccc(C)o1. The highest BCUT2D eigenvalue weighted by Gasteiger charge is 2.11. The number of hydrogen-bond acceptors (Lipinski definition) is 5. The van der Waals surface area contributed by atoms with Crippen LogP contribution in [0.1, 0.15) is 21.9 Å². The van der Waals surface area contributed by atoms with Gasteiger partial charge in [0.15, 0.2) is 17.3 Å². The molecule has 0 spiro atoms. The summed E-state index contributed by atoms with van der Waals surface area (Å²) in [5.41, 5.74) is 0.705. The summed E-state index contributed by atoms with van der Waals surface area (Å²) in [5, 5.41) is 0. The Morgan fingerprint density at radius 3 is 2.18 bits per heavy atom. The number of ether oxygens (including phenoxy) is 3. The number of rotatable bonds is 6. The van der Waals surface area contributed by atoms with Crippen molar-refractivity contribution in [2.24, 2.45) is 0 Å². The molecule has 0 radical (unpaired) electrons.